The van der Waals surface area contributed by atoms with Crippen LogP contribution in [0.4, 0.5) is 0 Å². The molecule has 0 aliphatic carbocycles. The molecule has 3 rings (SSSR count). The predicted molar refractivity (Wildman–Crippen MR) is 110 cm³/mol. The summed E-state index contributed by atoms with van der Waals surface area (Å²) in [5.41, 5.74) is 8.97. The molecule has 1 unspecified atom stereocenters. The Kier molecular flexibility index (Phi) is 6.49. The third-order valence-corrected chi connectivity index (χ3v) is 4.91. The lowest BCUT2D eigenvalue weighted by atomic mass is 10.1. The Bertz CT molecular complexity index is 914. The maximum Gasteiger partial charge on any atom is 0.243 e. The van der Waals surface area contributed by atoms with Gasteiger partial charge in [0.1, 0.15) is 6.04 Å². The zero-order chi connectivity index (χ0) is 20.8. The number of allylic oxidation sites excluding steroid dienone is 2. The van der Waals surface area contributed by atoms with Crippen LogP contribution in [0.3, 0.4) is 0 Å². The highest BCUT2D eigenvalue weighted by Crippen LogP contribution is 2.21. The van der Waals surface area contributed by atoms with Crippen LogP contribution < -0.4 is 11.1 Å². The Morgan fingerprint density at radius 2 is 2.10 bits per heavy atom. The highest BCUT2D eigenvalue weighted by atomic mass is 16.2. The van der Waals surface area contributed by atoms with Gasteiger partial charge in [-0.05, 0) is 48.6 Å². The summed E-state index contributed by atoms with van der Waals surface area (Å²) in [6, 6.07) is 9.40. The highest BCUT2D eigenvalue weighted by molar-refractivity contribution is 6.05. The van der Waals surface area contributed by atoms with Gasteiger partial charge in [-0.2, -0.15) is 0 Å². The third kappa shape index (κ3) is 5.34. The Hall–Kier alpha value is -3.35. The van der Waals surface area contributed by atoms with Crippen LogP contribution in [0.5, 0.6) is 0 Å². The first kappa shape index (κ1) is 20.4. The second kappa shape index (κ2) is 9.23. The van der Waals surface area contributed by atoms with Crippen molar-refractivity contribution in [3.8, 4) is 11.1 Å². The van der Waals surface area contributed by atoms with Gasteiger partial charge in [-0.15, -0.1) is 0 Å². The number of nitrogens with zero attached hydrogens (tertiary/aromatic N) is 1. The lowest BCUT2D eigenvalue weighted by molar-refractivity contribution is -0.140. The zero-order valence-corrected chi connectivity index (χ0v) is 16.5. The molecule has 4 N–H and O–H groups in total. The average molecular weight is 394 g/mol. The van der Waals surface area contributed by atoms with Gasteiger partial charge in [0.05, 0.1) is 6.42 Å². The van der Waals surface area contributed by atoms with E-state index in [4.69, 9.17) is 5.73 Å². The number of nitrogens with two attached hydrogens (primary N) is 1. The number of carbonyl (C=O) groups excluding carboxylic acids is 3. The van der Waals surface area contributed by atoms with Crippen molar-refractivity contribution in [3.05, 3.63) is 60.1 Å². The molecular formula is C22H26N4O3. The molecule has 0 radical (unpaired) electrons. The predicted octanol–water partition coefficient (Wildman–Crippen LogP) is 2.11. The van der Waals surface area contributed by atoms with Crippen molar-refractivity contribution in [3.63, 3.8) is 0 Å². The molecule has 2 heterocycles. The molecular weight excluding hydrogens is 368 g/mol. The number of aromatic amines is 1. The summed E-state index contributed by atoms with van der Waals surface area (Å²) < 4.78 is 0. The topological polar surface area (TPSA) is 108 Å². The van der Waals surface area contributed by atoms with Gasteiger partial charge in [0.2, 0.25) is 11.8 Å². The minimum Gasteiger partial charge on any atom is -0.402 e. The number of carbonyl (C=O) groups is 3. The number of nitrogens with one attached hydrogen (secondary N) is 2. The molecule has 2 aromatic rings. The summed E-state index contributed by atoms with van der Waals surface area (Å²) in [6.07, 6.45) is 6.11. The van der Waals surface area contributed by atoms with E-state index in [0.29, 0.717) is 25.2 Å². The van der Waals surface area contributed by atoms with Gasteiger partial charge in [0.25, 0.3) is 0 Å². The smallest absolute Gasteiger partial charge is 0.243 e. The molecule has 0 spiro atoms. The largest absolute Gasteiger partial charge is 0.402 e. The first-order valence-corrected chi connectivity index (χ1v) is 9.70. The zero-order valence-electron chi connectivity index (χ0n) is 16.5. The summed E-state index contributed by atoms with van der Waals surface area (Å²) in [4.78, 5) is 41.5. The first-order chi connectivity index (χ1) is 13.9. The van der Waals surface area contributed by atoms with Crippen molar-refractivity contribution < 1.29 is 14.4 Å². The number of rotatable bonds is 7. The van der Waals surface area contributed by atoms with E-state index < -0.39 is 6.04 Å². The molecule has 0 saturated carbocycles. The Labute approximate surface area is 170 Å². The minimum absolute atomic E-state index is 0.194. The number of ketones is 1. The van der Waals surface area contributed by atoms with Crippen molar-refractivity contribution in [2.45, 2.75) is 38.8 Å². The van der Waals surface area contributed by atoms with Crippen LogP contribution in [-0.4, -0.2) is 40.1 Å². The molecule has 2 amide bonds. The van der Waals surface area contributed by atoms with E-state index in [1.165, 1.54) is 11.0 Å². The van der Waals surface area contributed by atoms with Crippen LogP contribution in [0, 0.1) is 0 Å². The van der Waals surface area contributed by atoms with Crippen molar-refractivity contribution >= 4 is 17.6 Å². The second-order valence-corrected chi connectivity index (χ2v) is 7.29. The molecule has 7 heteroatoms. The number of benzene rings is 1. The molecule has 1 fully saturated rings. The van der Waals surface area contributed by atoms with Gasteiger partial charge in [-0.25, -0.2) is 0 Å². The van der Waals surface area contributed by atoms with Gasteiger partial charge in [-0.3, -0.25) is 14.4 Å². The standard InChI is InChI=1S/C22H26N4O3/c1-15(23)10-19(27)12-21(28)26-9-3-6-20(26)22(29)25-13-16-4-2-5-17(11-16)18-7-8-24-14-18/h2,4-5,7-8,10-11,14,20,24H,3,6,9,12-13,23H2,1H3,(H,25,29)/b15-10-. The third-order valence-electron chi connectivity index (χ3n) is 4.91. The molecule has 1 saturated heterocycles. The van der Waals surface area contributed by atoms with Gasteiger partial charge in [-0.1, -0.05) is 18.2 Å². The highest BCUT2D eigenvalue weighted by Gasteiger charge is 2.34. The average Bonchev–Trinajstić information content (AvgIpc) is 3.37. The van der Waals surface area contributed by atoms with E-state index in [9.17, 15) is 14.4 Å². The Balaban J connectivity index is 1.58. The summed E-state index contributed by atoms with van der Waals surface area (Å²) in [7, 11) is 0. The quantitative estimate of drug-likeness (QED) is 0.494. The summed E-state index contributed by atoms with van der Waals surface area (Å²) in [5.74, 6) is -0.872. The van der Waals surface area contributed by atoms with E-state index in [1.54, 1.807) is 6.92 Å². The number of likely N-dealkylation sites (tertiary alicyclic amines) is 1. The van der Waals surface area contributed by atoms with E-state index >= 15 is 0 Å². The molecule has 29 heavy (non-hydrogen) atoms. The number of aromatic nitrogens is 1. The molecule has 152 valence electrons. The van der Waals surface area contributed by atoms with Gasteiger partial charge >= 0.3 is 0 Å². The maximum absolute atomic E-state index is 12.7. The fourth-order valence-electron chi connectivity index (χ4n) is 3.56. The van der Waals surface area contributed by atoms with Gasteiger partial charge in [0, 0.05) is 37.3 Å². The molecule has 1 aromatic carbocycles. The Morgan fingerprint density at radius 3 is 2.83 bits per heavy atom. The number of H-pyrrole nitrogens is 1. The first-order valence-electron chi connectivity index (χ1n) is 9.70. The monoisotopic (exact) mass is 394 g/mol. The van der Waals surface area contributed by atoms with Crippen molar-refractivity contribution in [2.75, 3.05) is 6.54 Å². The van der Waals surface area contributed by atoms with Crippen LogP contribution in [0.25, 0.3) is 11.1 Å². The SMILES string of the molecule is C/C(N)=C/C(=O)CC(=O)N1CCCC1C(=O)NCc1cccc(-c2cc[nH]c2)c1. The molecule has 1 atom stereocenters. The summed E-state index contributed by atoms with van der Waals surface area (Å²) >= 11 is 0. The molecule has 1 aliphatic heterocycles. The summed E-state index contributed by atoms with van der Waals surface area (Å²) in [6.45, 7) is 2.46. The van der Waals surface area contributed by atoms with Crippen LogP contribution >= 0.6 is 0 Å². The van der Waals surface area contributed by atoms with E-state index in [0.717, 1.165) is 23.1 Å². The van der Waals surface area contributed by atoms with Crippen LogP contribution in [-0.2, 0) is 20.9 Å². The maximum atomic E-state index is 12.7. The van der Waals surface area contributed by atoms with Gasteiger partial charge in [0.15, 0.2) is 5.78 Å². The van der Waals surface area contributed by atoms with E-state index in [1.807, 2.05) is 42.7 Å². The lowest BCUT2D eigenvalue weighted by Gasteiger charge is -2.23. The lowest BCUT2D eigenvalue weighted by Crippen LogP contribution is -2.46. The van der Waals surface area contributed by atoms with Crippen LogP contribution in [0.1, 0.15) is 31.7 Å². The van der Waals surface area contributed by atoms with Crippen LogP contribution in [0.2, 0.25) is 0 Å². The fourth-order valence-corrected chi connectivity index (χ4v) is 3.56. The fraction of sp³-hybridized carbons (Fsp3) is 0.318. The van der Waals surface area contributed by atoms with Gasteiger partial charge < -0.3 is 20.9 Å². The molecule has 0 bridgehead atoms. The Morgan fingerprint density at radius 1 is 1.28 bits per heavy atom. The van der Waals surface area contributed by atoms with Crippen molar-refractivity contribution in [2.24, 2.45) is 5.73 Å². The van der Waals surface area contributed by atoms with E-state index in [-0.39, 0.29) is 24.0 Å². The minimum atomic E-state index is -0.536. The van der Waals surface area contributed by atoms with Crippen LogP contribution in [0.15, 0.2) is 54.5 Å². The summed E-state index contributed by atoms with van der Waals surface area (Å²) in [5, 5.41) is 2.93. The number of hydrogen-bond acceptors (Lipinski definition) is 4. The second-order valence-electron chi connectivity index (χ2n) is 7.29. The number of amides is 2. The molecule has 7 nitrogen and oxygen atoms in total. The molecule has 1 aliphatic rings. The number of hydrogen-bond donors (Lipinski definition) is 3. The van der Waals surface area contributed by atoms with Crippen molar-refractivity contribution in [1.29, 1.82) is 0 Å². The normalized spacial score (nSPS) is 16.7. The molecule has 1 aromatic heterocycles. The van der Waals surface area contributed by atoms with E-state index in [2.05, 4.69) is 10.3 Å². The van der Waals surface area contributed by atoms with Crippen molar-refractivity contribution in [1.82, 2.24) is 15.2 Å².